The van der Waals surface area contributed by atoms with Crippen molar-refractivity contribution >= 4 is 40.2 Å². The van der Waals surface area contributed by atoms with E-state index in [4.69, 9.17) is 14.1 Å². The van der Waals surface area contributed by atoms with Crippen LogP contribution in [0, 0.1) is 0 Å². The summed E-state index contributed by atoms with van der Waals surface area (Å²) in [5.41, 5.74) is 2.81. The Labute approximate surface area is 202 Å². The number of nitrogens with one attached hydrogen (secondary N) is 2. The molecule has 1 fully saturated rings. The molecule has 0 unspecified atom stereocenters. The summed E-state index contributed by atoms with van der Waals surface area (Å²) >= 11 is 0. The van der Waals surface area contributed by atoms with E-state index >= 15 is 0 Å². The number of para-hydroxylation sites is 1. The first-order valence-electron chi connectivity index (χ1n) is 11.5. The summed E-state index contributed by atoms with van der Waals surface area (Å²) in [6.45, 7) is 5.94. The third-order valence-corrected chi connectivity index (χ3v) is 5.95. The number of carbonyl (C=O) groups excluding carboxylic acids is 1. The topological polar surface area (TPSA) is 130 Å². The molecule has 1 saturated carbocycles. The fraction of sp³-hybridized carbons (Fsp3) is 0.417. The van der Waals surface area contributed by atoms with Gasteiger partial charge in [-0.15, -0.1) is 0 Å². The number of benzene rings is 1. The molecule has 1 amide bonds. The first-order chi connectivity index (χ1) is 16.7. The van der Waals surface area contributed by atoms with E-state index in [1.165, 1.54) is 11.3 Å². The smallest absolute Gasteiger partial charge is 0.415 e. The van der Waals surface area contributed by atoms with Gasteiger partial charge in [-0.05, 0) is 45.7 Å². The first kappa shape index (κ1) is 23.1. The summed E-state index contributed by atoms with van der Waals surface area (Å²) in [6.07, 6.45) is 3.99. The largest absolute Gasteiger partial charge is 0.443 e. The normalized spacial score (nSPS) is 18.0. The number of oxazole rings is 1. The fourth-order valence-electron chi connectivity index (χ4n) is 3.93. The van der Waals surface area contributed by atoms with Gasteiger partial charge in [-0.2, -0.15) is 9.61 Å². The maximum atomic E-state index is 12.9. The van der Waals surface area contributed by atoms with Gasteiger partial charge < -0.3 is 24.9 Å². The molecule has 184 valence electrons. The predicted octanol–water partition coefficient (Wildman–Crippen LogP) is 3.60. The van der Waals surface area contributed by atoms with Crippen LogP contribution in [0.1, 0.15) is 39.2 Å². The summed E-state index contributed by atoms with van der Waals surface area (Å²) in [5, 5.41) is 21.1. The summed E-state index contributed by atoms with van der Waals surface area (Å²) in [5.74, 6) is 0.984. The van der Waals surface area contributed by atoms with Crippen LogP contribution in [0.5, 0.6) is 0 Å². The molecule has 3 N–H and O–H groups in total. The van der Waals surface area contributed by atoms with Crippen LogP contribution in [0.15, 0.2) is 41.3 Å². The third kappa shape index (κ3) is 4.64. The lowest BCUT2D eigenvalue weighted by Crippen LogP contribution is -2.47. The maximum absolute atomic E-state index is 12.9. The number of hydrogen-bond acceptors (Lipinski definition) is 9. The van der Waals surface area contributed by atoms with Crippen molar-refractivity contribution in [3.05, 3.63) is 42.4 Å². The molecule has 0 saturated heterocycles. The third-order valence-electron chi connectivity index (χ3n) is 5.95. The first-order valence-corrected chi connectivity index (χ1v) is 11.5. The standard InChI is InChI=1S/C24H29N7O4/c1-24(2,3)35-23(33)30(4)20-10-19(28-16-6-5-7-18-21(16)26-13-34-18)29-22-14(12-27-31(20)22)11-25-15-8-9-17(15)32/h5-7,10,12-13,15,17,25,32H,8-9,11H2,1-4H3,(H,28,29)/t15-,17-/m1/s1. The second kappa shape index (κ2) is 8.82. The van der Waals surface area contributed by atoms with Gasteiger partial charge in [0.25, 0.3) is 0 Å². The van der Waals surface area contributed by atoms with E-state index in [1.54, 1.807) is 23.8 Å². The molecule has 2 atom stereocenters. The number of carbonyl (C=O) groups is 1. The van der Waals surface area contributed by atoms with E-state index in [0.717, 1.165) is 24.1 Å². The molecule has 11 nitrogen and oxygen atoms in total. The number of anilines is 3. The quantitative estimate of drug-likeness (QED) is 0.380. The van der Waals surface area contributed by atoms with Gasteiger partial charge in [-0.25, -0.2) is 14.8 Å². The number of hydrogen-bond donors (Lipinski definition) is 3. The summed E-state index contributed by atoms with van der Waals surface area (Å²) in [7, 11) is 1.63. The Kier molecular flexibility index (Phi) is 5.81. The van der Waals surface area contributed by atoms with Crippen LogP contribution in [-0.2, 0) is 11.3 Å². The lowest BCUT2D eigenvalue weighted by atomic mass is 9.89. The van der Waals surface area contributed by atoms with Gasteiger partial charge in [0.15, 0.2) is 17.6 Å². The SMILES string of the molecule is CN(C(=O)OC(C)(C)C)c1cc(Nc2cccc3ocnc23)nc2c(CN[C@@H]3CC[C@H]3O)cnn12. The monoisotopic (exact) mass is 479 g/mol. The van der Waals surface area contributed by atoms with E-state index in [2.05, 4.69) is 20.7 Å². The van der Waals surface area contributed by atoms with E-state index in [0.29, 0.717) is 34.9 Å². The number of rotatable bonds is 6. The second-order valence-corrected chi connectivity index (χ2v) is 9.71. The Hall–Kier alpha value is -3.70. The molecule has 0 radical (unpaired) electrons. The van der Waals surface area contributed by atoms with Crippen LogP contribution in [-0.4, -0.2) is 55.6 Å². The van der Waals surface area contributed by atoms with Gasteiger partial charge in [0.1, 0.15) is 22.8 Å². The van der Waals surface area contributed by atoms with Crippen LogP contribution in [0.25, 0.3) is 16.7 Å². The molecule has 0 bridgehead atoms. The number of aromatic nitrogens is 4. The van der Waals surface area contributed by atoms with E-state index in [-0.39, 0.29) is 12.1 Å². The number of aliphatic hydroxyl groups excluding tert-OH is 1. The Morgan fingerprint density at radius 1 is 1.34 bits per heavy atom. The van der Waals surface area contributed by atoms with Crippen molar-refractivity contribution in [3.63, 3.8) is 0 Å². The highest BCUT2D eigenvalue weighted by molar-refractivity contribution is 5.90. The van der Waals surface area contributed by atoms with Crippen LogP contribution < -0.4 is 15.5 Å². The van der Waals surface area contributed by atoms with Crippen molar-refractivity contribution in [3.8, 4) is 0 Å². The molecule has 11 heteroatoms. The highest BCUT2D eigenvalue weighted by atomic mass is 16.6. The van der Waals surface area contributed by atoms with E-state index < -0.39 is 11.7 Å². The Bertz CT molecular complexity index is 1370. The van der Waals surface area contributed by atoms with Crippen molar-refractivity contribution in [1.82, 2.24) is 24.9 Å². The zero-order valence-corrected chi connectivity index (χ0v) is 20.1. The average Bonchev–Trinajstić information content (AvgIpc) is 3.44. The van der Waals surface area contributed by atoms with Crippen molar-refractivity contribution in [1.29, 1.82) is 0 Å². The average molecular weight is 480 g/mol. The Balaban J connectivity index is 1.53. The Morgan fingerprint density at radius 2 is 2.17 bits per heavy atom. The van der Waals surface area contributed by atoms with Crippen molar-refractivity contribution in [2.75, 3.05) is 17.3 Å². The molecular formula is C24H29N7O4. The van der Waals surface area contributed by atoms with Crippen molar-refractivity contribution in [2.24, 2.45) is 0 Å². The minimum absolute atomic E-state index is 0.0555. The van der Waals surface area contributed by atoms with Gasteiger partial charge in [0.2, 0.25) is 0 Å². The van der Waals surface area contributed by atoms with Crippen molar-refractivity contribution < 1.29 is 19.1 Å². The fourth-order valence-corrected chi connectivity index (χ4v) is 3.93. The second-order valence-electron chi connectivity index (χ2n) is 9.71. The molecule has 1 aliphatic carbocycles. The van der Waals surface area contributed by atoms with E-state index in [1.807, 2.05) is 39.0 Å². The number of fused-ring (bicyclic) bond motifs is 2. The van der Waals surface area contributed by atoms with Gasteiger partial charge in [-0.3, -0.25) is 4.90 Å². The molecule has 1 aromatic carbocycles. The van der Waals surface area contributed by atoms with E-state index in [9.17, 15) is 9.90 Å². The molecule has 1 aliphatic rings. The minimum Gasteiger partial charge on any atom is -0.443 e. The zero-order chi connectivity index (χ0) is 24.7. The van der Waals surface area contributed by atoms with Gasteiger partial charge in [0.05, 0.1) is 18.0 Å². The summed E-state index contributed by atoms with van der Waals surface area (Å²) in [6, 6.07) is 7.36. The summed E-state index contributed by atoms with van der Waals surface area (Å²) in [4.78, 5) is 23.4. The van der Waals surface area contributed by atoms with Crippen molar-refractivity contribution in [2.45, 2.75) is 57.9 Å². The maximum Gasteiger partial charge on any atom is 0.415 e. The lowest BCUT2D eigenvalue weighted by Gasteiger charge is -2.33. The number of aliphatic hydroxyl groups is 1. The van der Waals surface area contributed by atoms with Crippen LogP contribution >= 0.6 is 0 Å². The molecule has 3 heterocycles. The van der Waals surface area contributed by atoms with Crippen LogP contribution in [0.2, 0.25) is 0 Å². The molecular weight excluding hydrogens is 450 g/mol. The molecule has 0 spiro atoms. The molecule has 4 aromatic rings. The number of ether oxygens (including phenoxy) is 1. The van der Waals surface area contributed by atoms with Gasteiger partial charge >= 0.3 is 6.09 Å². The molecule has 5 rings (SSSR count). The highest BCUT2D eigenvalue weighted by Crippen LogP contribution is 2.29. The van der Waals surface area contributed by atoms with Crippen LogP contribution in [0.4, 0.5) is 22.1 Å². The number of nitrogens with zero attached hydrogens (tertiary/aromatic N) is 5. The van der Waals surface area contributed by atoms with Gasteiger partial charge in [0, 0.05) is 31.3 Å². The predicted molar refractivity (Wildman–Crippen MR) is 131 cm³/mol. The zero-order valence-electron chi connectivity index (χ0n) is 20.1. The van der Waals surface area contributed by atoms with Gasteiger partial charge in [-0.1, -0.05) is 6.07 Å². The molecule has 35 heavy (non-hydrogen) atoms. The summed E-state index contributed by atoms with van der Waals surface area (Å²) < 4.78 is 12.6. The Morgan fingerprint density at radius 3 is 2.89 bits per heavy atom. The molecule has 0 aliphatic heterocycles. The highest BCUT2D eigenvalue weighted by Gasteiger charge is 2.29. The minimum atomic E-state index is -0.649. The number of amides is 1. The lowest BCUT2D eigenvalue weighted by molar-refractivity contribution is 0.0493. The molecule has 3 aromatic heterocycles. The van der Waals surface area contributed by atoms with Crippen LogP contribution in [0.3, 0.4) is 0 Å².